The quantitative estimate of drug-likeness (QED) is 0.485. The van der Waals surface area contributed by atoms with Crippen molar-refractivity contribution in [3.05, 3.63) is 59.7 Å². The minimum atomic E-state index is -0.122. The molecular formula is C16H16CoN2O4. The smallest absolute Gasteiger partial charge is 0.872 e. The molecule has 2 aromatic carbocycles. The fourth-order valence-corrected chi connectivity index (χ4v) is 1.64. The van der Waals surface area contributed by atoms with Crippen molar-refractivity contribution in [2.24, 2.45) is 10.3 Å². The van der Waals surface area contributed by atoms with Crippen LogP contribution < -0.4 is 10.2 Å². The monoisotopic (exact) mass is 359 g/mol. The van der Waals surface area contributed by atoms with Crippen molar-refractivity contribution in [3.63, 3.8) is 0 Å². The predicted octanol–water partition coefficient (Wildman–Crippen LogP) is 1.91. The number of oxime groups is 2. The van der Waals surface area contributed by atoms with Gasteiger partial charge >= 0.3 is 16.8 Å². The van der Waals surface area contributed by atoms with Crippen LogP contribution in [0.4, 0.5) is 0 Å². The molecule has 0 atom stereocenters. The third kappa shape index (κ3) is 6.01. The van der Waals surface area contributed by atoms with Crippen LogP contribution in [0, 0.1) is 0 Å². The molecular weight excluding hydrogens is 343 g/mol. The third-order valence-electron chi connectivity index (χ3n) is 2.85. The van der Waals surface area contributed by atoms with Gasteiger partial charge in [0.1, 0.15) is 0 Å². The van der Waals surface area contributed by atoms with Crippen LogP contribution in [0.15, 0.2) is 58.8 Å². The molecule has 7 heteroatoms. The van der Waals surface area contributed by atoms with Crippen LogP contribution in [0.5, 0.6) is 11.5 Å². The van der Waals surface area contributed by atoms with E-state index in [1.165, 1.54) is 12.1 Å². The predicted molar refractivity (Wildman–Crippen MR) is 79.8 cm³/mol. The standard InChI is InChI=1S/2C8H9NO2.Co/c2*1-6(9-11)7-4-2-3-5-8(7)10;/h2*2-5,10-11H,1H3;/q;;+2/p-2/b2*9-6+;. The van der Waals surface area contributed by atoms with Gasteiger partial charge in [0.15, 0.2) is 0 Å². The van der Waals surface area contributed by atoms with Crippen LogP contribution in [0.25, 0.3) is 0 Å². The summed E-state index contributed by atoms with van der Waals surface area (Å²) >= 11 is 0. The summed E-state index contributed by atoms with van der Waals surface area (Å²) in [6.07, 6.45) is 0. The first-order chi connectivity index (χ1) is 10.5. The molecule has 0 heterocycles. The molecule has 6 nitrogen and oxygen atoms in total. The van der Waals surface area contributed by atoms with Crippen LogP contribution in [0.2, 0.25) is 0 Å². The zero-order valence-corrected chi connectivity index (χ0v) is 13.6. The van der Waals surface area contributed by atoms with Gasteiger partial charge < -0.3 is 20.6 Å². The van der Waals surface area contributed by atoms with Gasteiger partial charge in [-0.1, -0.05) is 70.3 Å². The zero-order valence-electron chi connectivity index (χ0n) is 12.6. The Morgan fingerprint density at radius 2 is 1.04 bits per heavy atom. The second-order valence-corrected chi connectivity index (χ2v) is 4.36. The van der Waals surface area contributed by atoms with Gasteiger partial charge in [0.05, 0.1) is 11.4 Å². The van der Waals surface area contributed by atoms with Gasteiger partial charge in [0.25, 0.3) is 0 Å². The van der Waals surface area contributed by atoms with Crippen molar-refractivity contribution in [1.82, 2.24) is 0 Å². The minimum Gasteiger partial charge on any atom is -0.872 e. The van der Waals surface area contributed by atoms with Crippen LogP contribution in [-0.4, -0.2) is 21.8 Å². The number of hydrogen-bond acceptors (Lipinski definition) is 6. The summed E-state index contributed by atoms with van der Waals surface area (Å²) in [7, 11) is 0. The first-order valence-electron chi connectivity index (χ1n) is 6.41. The summed E-state index contributed by atoms with van der Waals surface area (Å²) in [6, 6.07) is 12.9. The van der Waals surface area contributed by atoms with E-state index in [0.717, 1.165) is 0 Å². The van der Waals surface area contributed by atoms with Gasteiger partial charge in [-0.05, 0) is 25.0 Å². The van der Waals surface area contributed by atoms with Crippen molar-refractivity contribution in [3.8, 4) is 11.5 Å². The Morgan fingerprint density at radius 3 is 1.30 bits per heavy atom. The van der Waals surface area contributed by atoms with Crippen molar-refractivity contribution in [2.75, 3.05) is 0 Å². The van der Waals surface area contributed by atoms with E-state index in [1.807, 2.05) is 0 Å². The number of hydrogen-bond donors (Lipinski definition) is 2. The normalized spacial score (nSPS) is 11.0. The molecule has 0 fully saturated rings. The van der Waals surface area contributed by atoms with Crippen molar-refractivity contribution < 1.29 is 37.4 Å². The molecule has 0 aliphatic carbocycles. The second-order valence-electron chi connectivity index (χ2n) is 4.36. The van der Waals surface area contributed by atoms with E-state index in [2.05, 4.69) is 10.3 Å². The Bertz CT molecular complexity index is 628. The summed E-state index contributed by atoms with van der Waals surface area (Å²) in [5, 5.41) is 44.7. The van der Waals surface area contributed by atoms with Gasteiger partial charge in [-0.3, -0.25) is 0 Å². The topological polar surface area (TPSA) is 111 Å². The van der Waals surface area contributed by atoms with Crippen molar-refractivity contribution >= 4 is 11.4 Å². The average Bonchev–Trinajstić information content (AvgIpc) is 2.55. The molecule has 0 saturated carbocycles. The van der Waals surface area contributed by atoms with Gasteiger partial charge in [-0.25, -0.2) is 0 Å². The van der Waals surface area contributed by atoms with Crippen LogP contribution in [0.1, 0.15) is 25.0 Å². The number of benzene rings is 2. The molecule has 1 radical (unpaired) electrons. The van der Waals surface area contributed by atoms with Crippen LogP contribution in [0.3, 0.4) is 0 Å². The second kappa shape index (κ2) is 10.3. The zero-order chi connectivity index (χ0) is 16.5. The van der Waals surface area contributed by atoms with E-state index < -0.39 is 0 Å². The molecule has 2 N–H and O–H groups in total. The number of rotatable bonds is 2. The third-order valence-corrected chi connectivity index (χ3v) is 2.85. The largest absolute Gasteiger partial charge is 2.00 e. The maximum atomic E-state index is 11.0. The maximum absolute atomic E-state index is 11.0. The van der Waals surface area contributed by atoms with Gasteiger partial charge in [-0.2, -0.15) is 0 Å². The molecule has 0 bridgehead atoms. The van der Waals surface area contributed by atoms with E-state index in [0.29, 0.717) is 22.6 Å². The Kier molecular flexibility index (Phi) is 9.13. The summed E-state index contributed by atoms with van der Waals surface area (Å²) < 4.78 is 0. The Labute approximate surface area is 144 Å². The first-order valence-corrected chi connectivity index (χ1v) is 6.41. The summed E-state index contributed by atoms with van der Waals surface area (Å²) in [5.41, 5.74) is 1.57. The Morgan fingerprint density at radius 1 is 0.739 bits per heavy atom. The molecule has 0 saturated heterocycles. The van der Waals surface area contributed by atoms with E-state index in [1.54, 1.807) is 50.2 Å². The molecule has 23 heavy (non-hydrogen) atoms. The minimum absolute atomic E-state index is 0. The van der Waals surface area contributed by atoms with Crippen molar-refractivity contribution in [2.45, 2.75) is 13.8 Å². The molecule has 123 valence electrons. The fraction of sp³-hybridized carbons (Fsp3) is 0.125. The molecule has 0 spiro atoms. The Hall–Kier alpha value is -2.51. The SMILES string of the molecule is C/C(=N\O)c1ccccc1[O-].C/C(=N\O)c1ccccc1[O-].[Co+2]. The molecule has 2 aromatic rings. The van der Waals surface area contributed by atoms with E-state index in [-0.39, 0.29) is 28.3 Å². The van der Waals surface area contributed by atoms with Crippen LogP contribution >= 0.6 is 0 Å². The molecule has 0 aromatic heterocycles. The summed E-state index contributed by atoms with van der Waals surface area (Å²) in [5.74, 6) is -0.245. The van der Waals surface area contributed by atoms with Crippen molar-refractivity contribution in [1.29, 1.82) is 0 Å². The average molecular weight is 359 g/mol. The number of nitrogens with zero attached hydrogens (tertiary/aromatic N) is 2. The van der Waals surface area contributed by atoms with E-state index >= 15 is 0 Å². The van der Waals surface area contributed by atoms with Crippen LogP contribution in [-0.2, 0) is 16.8 Å². The fourth-order valence-electron chi connectivity index (χ4n) is 1.64. The van der Waals surface area contributed by atoms with Gasteiger partial charge in [0.2, 0.25) is 0 Å². The first kappa shape index (κ1) is 20.5. The van der Waals surface area contributed by atoms with E-state index in [4.69, 9.17) is 10.4 Å². The molecule has 0 amide bonds. The van der Waals surface area contributed by atoms with Gasteiger partial charge in [-0.15, -0.1) is 0 Å². The summed E-state index contributed by atoms with van der Waals surface area (Å²) in [4.78, 5) is 0. The van der Waals surface area contributed by atoms with E-state index in [9.17, 15) is 10.2 Å². The molecule has 0 aliphatic heterocycles. The molecule has 2 rings (SSSR count). The summed E-state index contributed by atoms with van der Waals surface area (Å²) in [6.45, 7) is 3.16. The maximum Gasteiger partial charge on any atom is 2.00 e. The molecule has 0 aliphatic rings. The molecule has 0 unspecified atom stereocenters. The number of para-hydroxylation sites is 2. The van der Waals surface area contributed by atoms with Gasteiger partial charge in [0, 0.05) is 0 Å². The Balaban J connectivity index is 0.000000403.